The highest BCUT2D eigenvalue weighted by atomic mass is 32.1. The summed E-state index contributed by atoms with van der Waals surface area (Å²) in [5.74, 6) is 0.661. The molecule has 0 fully saturated rings. The van der Waals surface area contributed by atoms with E-state index in [1.165, 1.54) is 6.33 Å². The van der Waals surface area contributed by atoms with Crippen molar-refractivity contribution in [1.82, 2.24) is 15.0 Å². The minimum absolute atomic E-state index is 0.0823. The van der Waals surface area contributed by atoms with Crippen molar-refractivity contribution in [3.8, 4) is 5.06 Å². The lowest BCUT2D eigenvalue weighted by Crippen LogP contribution is -2.24. The number of hydrogen-bond donors (Lipinski definition) is 2. The van der Waals surface area contributed by atoms with Crippen LogP contribution in [0.2, 0.25) is 0 Å². The molecule has 0 amide bonds. The third kappa shape index (κ3) is 3.56. The van der Waals surface area contributed by atoms with Crippen molar-refractivity contribution in [2.24, 2.45) is 0 Å². The lowest BCUT2D eigenvalue weighted by Gasteiger charge is -2.13. The largest absolute Gasteiger partial charge is 0.482 e. The molecule has 90 valence electrons. The molecule has 0 aliphatic rings. The van der Waals surface area contributed by atoms with Gasteiger partial charge in [-0.05, 0) is 24.4 Å². The van der Waals surface area contributed by atoms with Crippen molar-refractivity contribution in [2.75, 3.05) is 17.7 Å². The van der Waals surface area contributed by atoms with Gasteiger partial charge in [-0.15, -0.1) is 11.3 Å². The average Bonchev–Trinajstić information content (AvgIpc) is 2.79. The Kier molecular flexibility index (Phi) is 3.71. The molecule has 0 aromatic carbocycles. The van der Waals surface area contributed by atoms with Crippen molar-refractivity contribution >= 4 is 23.2 Å². The molecule has 2 rings (SSSR count). The third-order valence-electron chi connectivity index (χ3n) is 1.94. The first-order chi connectivity index (χ1) is 8.24. The molecular formula is C10H13N5OS. The van der Waals surface area contributed by atoms with Gasteiger partial charge in [0.1, 0.15) is 12.9 Å². The molecule has 7 heteroatoms. The van der Waals surface area contributed by atoms with Crippen molar-refractivity contribution in [3.63, 3.8) is 0 Å². The summed E-state index contributed by atoms with van der Waals surface area (Å²) in [6, 6.07) is 3.96. The van der Waals surface area contributed by atoms with Gasteiger partial charge in [0, 0.05) is 0 Å². The predicted molar refractivity (Wildman–Crippen MR) is 67.1 cm³/mol. The van der Waals surface area contributed by atoms with Crippen LogP contribution in [0.25, 0.3) is 0 Å². The van der Waals surface area contributed by atoms with E-state index >= 15 is 0 Å². The highest BCUT2D eigenvalue weighted by molar-refractivity contribution is 7.11. The molecule has 0 radical (unpaired) electrons. The van der Waals surface area contributed by atoms with Crippen molar-refractivity contribution in [2.45, 2.75) is 13.0 Å². The summed E-state index contributed by atoms with van der Waals surface area (Å²) in [4.78, 5) is 11.6. The van der Waals surface area contributed by atoms with Crippen LogP contribution in [0.4, 0.5) is 11.9 Å². The Morgan fingerprint density at radius 1 is 1.53 bits per heavy atom. The molecule has 2 aromatic rings. The fourth-order valence-corrected chi connectivity index (χ4v) is 1.78. The lowest BCUT2D eigenvalue weighted by atomic mass is 10.4. The first kappa shape index (κ1) is 11.6. The molecule has 2 aromatic heterocycles. The lowest BCUT2D eigenvalue weighted by molar-refractivity contribution is 0.312. The van der Waals surface area contributed by atoms with E-state index in [1.807, 2.05) is 24.4 Å². The number of anilines is 2. The number of rotatable bonds is 5. The average molecular weight is 251 g/mol. The summed E-state index contributed by atoms with van der Waals surface area (Å²) in [5, 5.41) is 5.95. The van der Waals surface area contributed by atoms with Gasteiger partial charge >= 0.3 is 0 Å². The second-order valence-corrected chi connectivity index (χ2v) is 4.37. The van der Waals surface area contributed by atoms with Crippen LogP contribution in [0.15, 0.2) is 23.8 Å². The summed E-state index contributed by atoms with van der Waals surface area (Å²) < 4.78 is 5.56. The predicted octanol–water partition coefficient (Wildman–Crippen LogP) is 1.39. The molecule has 0 spiro atoms. The normalized spacial score (nSPS) is 12.1. The van der Waals surface area contributed by atoms with Crippen molar-refractivity contribution < 1.29 is 4.74 Å². The summed E-state index contributed by atoms with van der Waals surface area (Å²) in [5.41, 5.74) is 5.45. The summed E-state index contributed by atoms with van der Waals surface area (Å²) >= 11 is 1.56. The first-order valence-electron chi connectivity index (χ1n) is 5.11. The first-order valence-corrected chi connectivity index (χ1v) is 5.99. The number of nitrogens with zero attached hydrogens (tertiary/aromatic N) is 3. The highest BCUT2D eigenvalue weighted by Crippen LogP contribution is 2.18. The van der Waals surface area contributed by atoms with E-state index in [2.05, 4.69) is 20.3 Å². The number of nitrogen functional groups attached to an aromatic ring is 1. The van der Waals surface area contributed by atoms with Gasteiger partial charge in [-0.3, -0.25) is 0 Å². The summed E-state index contributed by atoms with van der Waals surface area (Å²) in [7, 11) is 0. The SMILES string of the molecule is CC(COc1cccs1)Nc1ncnc(N)n1. The zero-order chi connectivity index (χ0) is 12.1. The molecule has 0 saturated heterocycles. The topological polar surface area (TPSA) is 86.0 Å². The molecule has 17 heavy (non-hydrogen) atoms. The van der Waals surface area contributed by atoms with Gasteiger partial charge in [0.25, 0.3) is 0 Å². The van der Waals surface area contributed by atoms with Crippen molar-refractivity contribution in [3.05, 3.63) is 23.8 Å². The minimum atomic E-state index is 0.0823. The molecule has 1 unspecified atom stereocenters. The monoisotopic (exact) mass is 251 g/mol. The van der Waals surface area contributed by atoms with Crippen LogP contribution < -0.4 is 15.8 Å². The van der Waals surface area contributed by atoms with Crippen LogP contribution >= 0.6 is 11.3 Å². The van der Waals surface area contributed by atoms with E-state index in [0.29, 0.717) is 12.6 Å². The molecular weight excluding hydrogens is 238 g/mol. The highest BCUT2D eigenvalue weighted by Gasteiger charge is 2.06. The smallest absolute Gasteiger partial charge is 0.227 e. The number of hydrogen-bond acceptors (Lipinski definition) is 7. The van der Waals surface area contributed by atoms with Crippen LogP contribution in [0, 0.1) is 0 Å². The molecule has 0 aliphatic carbocycles. The quantitative estimate of drug-likeness (QED) is 0.835. The molecule has 1 atom stereocenters. The van der Waals surface area contributed by atoms with Crippen LogP contribution in [-0.4, -0.2) is 27.6 Å². The van der Waals surface area contributed by atoms with Gasteiger partial charge < -0.3 is 15.8 Å². The Bertz CT molecular complexity index is 461. The molecule has 0 saturated carbocycles. The number of ether oxygens (including phenoxy) is 1. The summed E-state index contributed by atoms with van der Waals surface area (Å²) in [6.45, 7) is 2.51. The minimum Gasteiger partial charge on any atom is -0.482 e. The van der Waals surface area contributed by atoms with Crippen LogP contribution in [-0.2, 0) is 0 Å². The second kappa shape index (κ2) is 5.44. The number of nitrogens with one attached hydrogen (secondary N) is 1. The van der Waals surface area contributed by atoms with Crippen LogP contribution in [0.5, 0.6) is 5.06 Å². The Morgan fingerprint density at radius 3 is 3.12 bits per heavy atom. The van der Waals surface area contributed by atoms with Crippen LogP contribution in [0.1, 0.15) is 6.92 Å². The zero-order valence-electron chi connectivity index (χ0n) is 9.33. The van der Waals surface area contributed by atoms with Gasteiger partial charge in [0.15, 0.2) is 5.06 Å². The van der Waals surface area contributed by atoms with Crippen molar-refractivity contribution in [1.29, 1.82) is 0 Å². The maximum absolute atomic E-state index is 5.56. The second-order valence-electron chi connectivity index (χ2n) is 3.46. The van der Waals surface area contributed by atoms with Gasteiger partial charge in [0.2, 0.25) is 11.9 Å². The third-order valence-corrected chi connectivity index (χ3v) is 2.72. The van der Waals surface area contributed by atoms with E-state index in [9.17, 15) is 0 Å². The molecule has 3 N–H and O–H groups in total. The van der Waals surface area contributed by atoms with Gasteiger partial charge in [-0.2, -0.15) is 4.98 Å². The Labute approximate surface area is 103 Å². The van der Waals surface area contributed by atoms with E-state index in [1.54, 1.807) is 11.3 Å². The van der Waals surface area contributed by atoms with E-state index in [4.69, 9.17) is 10.5 Å². The van der Waals surface area contributed by atoms with Gasteiger partial charge in [-0.1, -0.05) is 0 Å². The van der Waals surface area contributed by atoms with Gasteiger partial charge in [0.05, 0.1) is 6.04 Å². The zero-order valence-corrected chi connectivity index (χ0v) is 10.1. The standard InChI is InChI=1S/C10H13N5OS/c1-7(5-16-8-3-2-4-17-8)14-10-13-6-12-9(11)15-10/h2-4,6-7H,5H2,1H3,(H3,11,12,13,14,15). The number of thiophene rings is 1. The van der Waals surface area contributed by atoms with Crippen LogP contribution in [0.3, 0.4) is 0 Å². The number of nitrogens with two attached hydrogens (primary N) is 1. The Morgan fingerprint density at radius 2 is 2.41 bits per heavy atom. The maximum Gasteiger partial charge on any atom is 0.227 e. The van der Waals surface area contributed by atoms with Gasteiger partial charge in [-0.25, -0.2) is 9.97 Å². The van der Waals surface area contributed by atoms with E-state index in [-0.39, 0.29) is 12.0 Å². The summed E-state index contributed by atoms with van der Waals surface area (Å²) in [6.07, 6.45) is 1.37. The maximum atomic E-state index is 5.56. The fourth-order valence-electron chi connectivity index (χ4n) is 1.19. The molecule has 6 nitrogen and oxygen atoms in total. The molecule has 0 aliphatic heterocycles. The number of aromatic nitrogens is 3. The Balaban J connectivity index is 1.83. The van der Waals surface area contributed by atoms with E-state index < -0.39 is 0 Å². The molecule has 2 heterocycles. The molecule has 0 bridgehead atoms. The fraction of sp³-hybridized carbons (Fsp3) is 0.300. The van der Waals surface area contributed by atoms with E-state index in [0.717, 1.165) is 5.06 Å². The Hall–Kier alpha value is -1.89.